The lowest BCUT2D eigenvalue weighted by Gasteiger charge is -2.44. The molecule has 0 aliphatic heterocycles. The number of benzene rings is 2. The van der Waals surface area contributed by atoms with Gasteiger partial charge < -0.3 is 10.1 Å². The van der Waals surface area contributed by atoms with Crippen LogP contribution in [0.25, 0.3) is 0 Å². The highest BCUT2D eigenvalue weighted by atomic mass is 16.7. The van der Waals surface area contributed by atoms with E-state index in [-0.39, 0.29) is 30.1 Å². The van der Waals surface area contributed by atoms with Gasteiger partial charge in [0.05, 0.1) is 6.04 Å². The van der Waals surface area contributed by atoms with Crippen molar-refractivity contribution in [2.24, 2.45) is 5.92 Å². The largest absolute Gasteiger partial charge is 0.459 e. The number of nitrogens with zero attached hydrogens (tertiary/aromatic N) is 1. The van der Waals surface area contributed by atoms with Crippen molar-refractivity contribution in [2.45, 2.75) is 85.6 Å². The van der Waals surface area contributed by atoms with Crippen LogP contribution in [0.5, 0.6) is 0 Å². The number of hydrogen-bond donors (Lipinski definition) is 1. The average Bonchev–Trinajstić information content (AvgIpc) is 2.75. The molecular formula is C29H42N2O4. The molecule has 2 atom stereocenters. The van der Waals surface area contributed by atoms with Crippen LogP contribution in [0.4, 0.5) is 0 Å². The quantitative estimate of drug-likeness (QED) is 0.338. The fraction of sp³-hybridized carbons (Fsp3) is 0.517. The minimum atomic E-state index is -0.588. The van der Waals surface area contributed by atoms with E-state index in [1.54, 1.807) is 32.9 Å². The number of amides is 1. The fourth-order valence-corrected chi connectivity index (χ4v) is 3.85. The number of esters is 1. The predicted molar refractivity (Wildman–Crippen MR) is 140 cm³/mol. The van der Waals surface area contributed by atoms with Crippen LogP contribution in [0.3, 0.4) is 0 Å². The van der Waals surface area contributed by atoms with Gasteiger partial charge in [0.2, 0.25) is 0 Å². The number of carbonyl (C=O) groups is 2. The highest BCUT2D eigenvalue weighted by Gasteiger charge is 2.34. The average molecular weight is 483 g/mol. The second-order valence-corrected chi connectivity index (χ2v) is 11.2. The number of hydroxylamine groups is 2. The van der Waals surface area contributed by atoms with Crippen LogP contribution in [-0.2, 0) is 14.4 Å². The first-order chi connectivity index (χ1) is 16.2. The van der Waals surface area contributed by atoms with E-state index in [0.717, 1.165) is 5.56 Å². The Morgan fingerprint density at radius 3 is 1.91 bits per heavy atom. The smallest absolute Gasteiger partial charge is 0.325 e. The molecule has 1 amide bonds. The highest BCUT2D eigenvalue weighted by Crippen LogP contribution is 2.37. The van der Waals surface area contributed by atoms with E-state index < -0.39 is 11.6 Å². The van der Waals surface area contributed by atoms with E-state index in [9.17, 15) is 9.59 Å². The zero-order chi connectivity index (χ0) is 26.4. The summed E-state index contributed by atoms with van der Waals surface area (Å²) < 4.78 is 5.23. The Balaban J connectivity index is 2.12. The Labute approximate surface area is 211 Å². The minimum absolute atomic E-state index is 0.0801. The maximum atomic E-state index is 12.5. The number of ether oxygens (including phenoxy) is 1. The molecule has 2 aromatic carbocycles. The van der Waals surface area contributed by atoms with Gasteiger partial charge >= 0.3 is 5.97 Å². The van der Waals surface area contributed by atoms with E-state index in [0.29, 0.717) is 11.5 Å². The van der Waals surface area contributed by atoms with Crippen LogP contribution in [0.2, 0.25) is 0 Å². The van der Waals surface area contributed by atoms with Crippen LogP contribution in [0.15, 0.2) is 54.6 Å². The van der Waals surface area contributed by atoms with Crippen LogP contribution >= 0.6 is 0 Å². The number of rotatable bonds is 9. The minimum Gasteiger partial charge on any atom is -0.459 e. The van der Waals surface area contributed by atoms with Gasteiger partial charge in [-0.3, -0.25) is 14.4 Å². The van der Waals surface area contributed by atoms with Crippen molar-refractivity contribution in [2.75, 3.05) is 6.54 Å². The summed E-state index contributed by atoms with van der Waals surface area (Å²) in [6.07, 6.45) is -0.224. The molecule has 192 valence electrons. The molecule has 0 aromatic heterocycles. The molecule has 0 radical (unpaired) electrons. The van der Waals surface area contributed by atoms with E-state index in [1.165, 1.54) is 5.56 Å². The molecule has 0 spiro atoms. The molecule has 0 saturated heterocycles. The third-order valence-electron chi connectivity index (χ3n) is 5.41. The van der Waals surface area contributed by atoms with Crippen LogP contribution in [0.1, 0.15) is 95.9 Å². The van der Waals surface area contributed by atoms with Crippen molar-refractivity contribution in [1.82, 2.24) is 10.4 Å². The molecule has 6 heteroatoms. The summed E-state index contributed by atoms with van der Waals surface area (Å²) in [5, 5.41) is 4.71. The van der Waals surface area contributed by atoms with Crippen LogP contribution in [-0.4, -0.2) is 34.6 Å². The third-order valence-corrected chi connectivity index (χ3v) is 5.41. The predicted octanol–water partition coefficient (Wildman–Crippen LogP) is 6.25. The van der Waals surface area contributed by atoms with Gasteiger partial charge in [0.15, 0.2) is 0 Å². The molecule has 0 fully saturated rings. The lowest BCUT2D eigenvalue weighted by Crippen LogP contribution is -2.46. The Morgan fingerprint density at radius 2 is 1.43 bits per heavy atom. The SMILES string of the molecule is CC(ON(C(c1ccccc1)C(C)C)C(C)(C)C)c1ccc(C(=O)NCC(=O)OC(C)(C)C)cc1. The summed E-state index contributed by atoms with van der Waals surface area (Å²) in [4.78, 5) is 30.9. The van der Waals surface area contributed by atoms with E-state index in [4.69, 9.17) is 9.57 Å². The van der Waals surface area contributed by atoms with E-state index in [1.807, 2.05) is 25.1 Å². The molecule has 2 unspecified atom stereocenters. The number of carbonyl (C=O) groups excluding carboxylic acids is 2. The number of hydrogen-bond acceptors (Lipinski definition) is 5. The maximum absolute atomic E-state index is 12.5. The second kappa shape index (κ2) is 11.8. The van der Waals surface area contributed by atoms with Gasteiger partial charge in [0, 0.05) is 11.1 Å². The molecule has 0 saturated carbocycles. The summed E-state index contributed by atoms with van der Waals surface area (Å²) in [5.74, 6) is -0.457. The van der Waals surface area contributed by atoms with Crippen molar-refractivity contribution >= 4 is 11.9 Å². The second-order valence-electron chi connectivity index (χ2n) is 11.2. The van der Waals surface area contributed by atoms with Gasteiger partial charge in [-0.25, -0.2) is 0 Å². The highest BCUT2D eigenvalue weighted by molar-refractivity contribution is 5.95. The Bertz CT molecular complexity index is 957. The summed E-state index contributed by atoms with van der Waals surface area (Å²) >= 11 is 0. The van der Waals surface area contributed by atoms with E-state index >= 15 is 0 Å². The van der Waals surface area contributed by atoms with Gasteiger partial charge in [0.25, 0.3) is 5.91 Å². The van der Waals surface area contributed by atoms with Crippen molar-refractivity contribution in [3.63, 3.8) is 0 Å². The molecule has 2 rings (SSSR count). The van der Waals surface area contributed by atoms with Crippen molar-refractivity contribution in [3.8, 4) is 0 Å². The monoisotopic (exact) mass is 482 g/mol. The molecule has 2 aromatic rings. The summed E-state index contributed by atoms with van der Waals surface area (Å²) in [6, 6.07) is 17.8. The van der Waals surface area contributed by atoms with Gasteiger partial charge in [-0.1, -0.05) is 56.3 Å². The zero-order valence-electron chi connectivity index (χ0n) is 22.7. The van der Waals surface area contributed by atoms with Crippen LogP contribution < -0.4 is 5.32 Å². The van der Waals surface area contributed by atoms with Gasteiger partial charge in [-0.2, -0.15) is 5.06 Å². The van der Waals surface area contributed by atoms with Crippen molar-refractivity contribution in [3.05, 3.63) is 71.3 Å². The van der Waals surface area contributed by atoms with Gasteiger partial charge in [-0.15, -0.1) is 0 Å². The summed E-state index contributed by atoms with van der Waals surface area (Å²) in [5.41, 5.74) is 1.82. The summed E-state index contributed by atoms with van der Waals surface area (Å²) in [7, 11) is 0. The molecule has 0 heterocycles. The maximum Gasteiger partial charge on any atom is 0.325 e. The molecule has 0 bridgehead atoms. The lowest BCUT2D eigenvalue weighted by atomic mass is 9.92. The standard InChI is InChI=1S/C29H42N2O4/c1-20(2)26(23-13-11-10-12-14-23)31(28(4,5)6)35-21(3)22-15-17-24(18-16-22)27(33)30-19-25(32)34-29(7,8)9/h10-18,20-21,26H,19H2,1-9H3,(H,30,33). The Hall–Kier alpha value is -2.70. The summed E-state index contributed by atoms with van der Waals surface area (Å²) in [6.45, 7) is 18.1. The lowest BCUT2D eigenvalue weighted by molar-refractivity contribution is -0.272. The molecule has 0 aliphatic rings. The first-order valence-corrected chi connectivity index (χ1v) is 12.3. The zero-order valence-corrected chi connectivity index (χ0v) is 22.7. The molecule has 6 nitrogen and oxygen atoms in total. The molecule has 1 N–H and O–H groups in total. The first-order valence-electron chi connectivity index (χ1n) is 12.3. The number of nitrogens with one attached hydrogen (secondary N) is 1. The topological polar surface area (TPSA) is 67.9 Å². The van der Waals surface area contributed by atoms with E-state index in [2.05, 4.69) is 69.3 Å². The van der Waals surface area contributed by atoms with Crippen molar-refractivity contribution < 1.29 is 19.2 Å². The molecular weight excluding hydrogens is 440 g/mol. The third kappa shape index (κ3) is 8.79. The normalized spacial score (nSPS) is 14.0. The van der Waals surface area contributed by atoms with Crippen molar-refractivity contribution in [1.29, 1.82) is 0 Å². The fourth-order valence-electron chi connectivity index (χ4n) is 3.85. The molecule has 35 heavy (non-hydrogen) atoms. The van der Waals surface area contributed by atoms with Gasteiger partial charge in [-0.05, 0) is 77.6 Å². The van der Waals surface area contributed by atoms with Gasteiger partial charge in [0.1, 0.15) is 18.2 Å². The Kier molecular flexibility index (Phi) is 9.64. The first kappa shape index (κ1) is 28.5. The Morgan fingerprint density at radius 1 is 0.857 bits per heavy atom. The molecule has 0 aliphatic carbocycles. The van der Waals surface area contributed by atoms with Crippen LogP contribution in [0, 0.1) is 5.92 Å².